The Balaban J connectivity index is 2.07. The van der Waals surface area contributed by atoms with E-state index in [2.05, 4.69) is 19.0 Å². The van der Waals surface area contributed by atoms with Gasteiger partial charge in [0.1, 0.15) is 11.6 Å². The fourth-order valence-corrected chi connectivity index (χ4v) is 6.77. The molecule has 4 N–H and O–H groups in total. The third-order valence-corrected chi connectivity index (χ3v) is 7.68. The number of amidine groups is 1. The molecule has 0 saturated carbocycles. The molecule has 1 aromatic heterocycles. The fraction of sp³-hybridized carbons (Fsp3) is 0.273. The Hall–Kier alpha value is -3.00. The van der Waals surface area contributed by atoms with E-state index in [4.69, 9.17) is 10.7 Å². The number of rotatable bonds is 5. The number of halogens is 1. The average Bonchev–Trinajstić information content (AvgIpc) is 3.29. The second-order valence-corrected chi connectivity index (χ2v) is 9.99. The Labute approximate surface area is 176 Å². The number of aromatic nitrogens is 1. The van der Waals surface area contributed by atoms with E-state index in [0.717, 1.165) is 40.0 Å². The number of nitrogens with zero attached hydrogens (tertiary/aromatic N) is 3. The van der Waals surface area contributed by atoms with Gasteiger partial charge in [-0.15, -0.1) is 0 Å². The van der Waals surface area contributed by atoms with E-state index in [1.807, 2.05) is 16.7 Å². The fourth-order valence-electron chi connectivity index (χ4n) is 3.93. The van der Waals surface area contributed by atoms with Crippen molar-refractivity contribution in [2.24, 2.45) is 21.8 Å². The molecule has 2 heterocycles. The van der Waals surface area contributed by atoms with Crippen LogP contribution in [0.25, 0.3) is 16.6 Å². The number of aliphatic imine (C=N–C) groups is 1. The van der Waals surface area contributed by atoms with Gasteiger partial charge in [0, 0.05) is 23.4 Å². The summed E-state index contributed by atoms with van der Waals surface area (Å²) in [6, 6.07) is 11.4. The lowest BCUT2D eigenvalue weighted by atomic mass is 10.1. The quantitative estimate of drug-likeness (QED) is 0.160. The van der Waals surface area contributed by atoms with Crippen LogP contribution in [-0.4, -0.2) is 38.1 Å². The Morgan fingerprint density at radius 1 is 1.27 bits per heavy atom. The Morgan fingerprint density at radius 3 is 2.67 bits per heavy atom. The maximum atomic E-state index is 14.2. The van der Waals surface area contributed by atoms with Crippen molar-refractivity contribution < 1.29 is 14.7 Å². The summed E-state index contributed by atoms with van der Waals surface area (Å²) in [5.41, 5.74) is 8.26. The van der Waals surface area contributed by atoms with Crippen LogP contribution in [0.1, 0.15) is 25.8 Å². The molecule has 3 aromatic rings. The molecule has 8 heteroatoms. The molecule has 6 nitrogen and oxygen atoms in total. The van der Waals surface area contributed by atoms with Gasteiger partial charge < -0.3 is 20.6 Å². The highest BCUT2D eigenvalue weighted by molar-refractivity contribution is 8.30. The van der Waals surface area contributed by atoms with Gasteiger partial charge in [0.25, 0.3) is 0 Å². The smallest absolute Gasteiger partial charge is 0.173 e. The minimum Gasteiger partial charge on any atom is -0.508 e. The highest BCUT2D eigenvalue weighted by Gasteiger charge is 2.30. The summed E-state index contributed by atoms with van der Waals surface area (Å²) in [4.78, 5) is 4.77. The van der Waals surface area contributed by atoms with Gasteiger partial charge >= 0.3 is 0 Å². The number of phenols is 1. The monoisotopic (exact) mass is 428 g/mol. The van der Waals surface area contributed by atoms with Crippen molar-refractivity contribution in [3.05, 3.63) is 53.8 Å². The van der Waals surface area contributed by atoms with E-state index in [-0.39, 0.29) is 17.4 Å². The molecule has 4 rings (SSSR count). The Morgan fingerprint density at radius 2 is 2.00 bits per heavy atom. The summed E-state index contributed by atoms with van der Waals surface area (Å²) < 4.78 is 16.2. The highest BCUT2D eigenvalue weighted by atomic mass is 32.2. The zero-order valence-corrected chi connectivity index (χ0v) is 17.8. The number of oxime groups is 1. The molecule has 1 unspecified atom stereocenters. The van der Waals surface area contributed by atoms with Crippen LogP contribution >= 0.6 is 10.9 Å². The third-order valence-electron chi connectivity index (χ3n) is 5.15. The summed E-state index contributed by atoms with van der Waals surface area (Å²) in [5.74, 6) is 1.03. The summed E-state index contributed by atoms with van der Waals surface area (Å²) in [5, 5.41) is 25.2. The molecular weight excluding hydrogens is 403 g/mol. The highest BCUT2D eigenvalue weighted by Crippen LogP contribution is 2.49. The number of benzene rings is 2. The van der Waals surface area contributed by atoms with Crippen LogP contribution in [0, 0.1) is 11.7 Å². The first-order valence-electron chi connectivity index (χ1n) is 9.82. The van der Waals surface area contributed by atoms with Gasteiger partial charge in [-0.05, 0) is 54.8 Å². The van der Waals surface area contributed by atoms with E-state index in [1.165, 1.54) is 12.1 Å². The first kappa shape index (κ1) is 20.3. The molecule has 0 fully saturated rings. The summed E-state index contributed by atoms with van der Waals surface area (Å²) in [6.45, 7) is 5.04. The number of hydrogen-bond acceptors (Lipinski definition) is 4. The van der Waals surface area contributed by atoms with Crippen molar-refractivity contribution in [1.29, 1.82) is 0 Å². The topological polar surface area (TPSA) is 96.1 Å². The lowest BCUT2D eigenvalue weighted by Gasteiger charge is -2.23. The number of fused-ring (bicyclic) bond motifs is 1. The molecule has 0 amide bonds. The van der Waals surface area contributed by atoms with Crippen molar-refractivity contribution in [1.82, 2.24) is 4.57 Å². The third kappa shape index (κ3) is 3.52. The lowest BCUT2D eigenvalue weighted by molar-refractivity contribution is 0.318. The van der Waals surface area contributed by atoms with Gasteiger partial charge in [0.15, 0.2) is 5.84 Å². The first-order valence-corrected chi connectivity index (χ1v) is 11.4. The molecular formula is C22H25FN4O2S. The van der Waals surface area contributed by atoms with Crippen molar-refractivity contribution in [2.45, 2.75) is 25.3 Å². The van der Waals surface area contributed by atoms with Gasteiger partial charge in [-0.2, -0.15) is 10.9 Å². The van der Waals surface area contributed by atoms with Crippen LogP contribution in [0.2, 0.25) is 0 Å². The molecule has 0 saturated heterocycles. The second-order valence-electron chi connectivity index (χ2n) is 7.74. The van der Waals surface area contributed by atoms with Gasteiger partial charge in [-0.25, -0.2) is 4.39 Å². The molecule has 0 radical (unpaired) electrons. The van der Waals surface area contributed by atoms with E-state index < -0.39 is 10.9 Å². The molecule has 2 aromatic carbocycles. The van der Waals surface area contributed by atoms with Crippen LogP contribution in [0.3, 0.4) is 0 Å². The molecule has 30 heavy (non-hydrogen) atoms. The lowest BCUT2D eigenvalue weighted by Crippen LogP contribution is -2.17. The van der Waals surface area contributed by atoms with Crippen LogP contribution < -0.4 is 5.73 Å². The van der Waals surface area contributed by atoms with Crippen molar-refractivity contribution in [3.8, 4) is 11.4 Å². The number of aromatic hydroxyl groups is 1. The number of nitrogens with two attached hydrogens (primary N) is 1. The van der Waals surface area contributed by atoms with E-state index in [1.54, 1.807) is 18.2 Å². The van der Waals surface area contributed by atoms with Crippen LogP contribution in [0.5, 0.6) is 5.75 Å². The SMILES string of the molecule is CC(C)CC1=NCC[SH]1c1c(/C(N)=N/O)c2cc(F)ccc2n1-c1ccc(O)cc1. The van der Waals surface area contributed by atoms with E-state index in [0.29, 0.717) is 16.9 Å². The molecule has 0 aliphatic carbocycles. The minimum absolute atomic E-state index is 0.0450. The minimum atomic E-state index is -0.848. The van der Waals surface area contributed by atoms with Crippen molar-refractivity contribution in [2.75, 3.05) is 12.3 Å². The maximum absolute atomic E-state index is 14.2. The normalized spacial score (nSPS) is 18.3. The number of thiol groups is 1. The average molecular weight is 429 g/mol. The predicted octanol–water partition coefficient (Wildman–Crippen LogP) is 4.39. The summed E-state index contributed by atoms with van der Waals surface area (Å²) >= 11 is 0. The van der Waals surface area contributed by atoms with Crippen LogP contribution in [0.15, 0.2) is 57.6 Å². The van der Waals surface area contributed by atoms with Crippen LogP contribution in [0.4, 0.5) is 4.39 Å². The van der Waals surface area contributed by atoms with E-state index >= 15 is 0 Å². The molecule has 158 valence electrons. The van der Waals surface area contributed by atoms with Gasteiger partial charge in [0.05, 0.1) is 21.1 Å². The van der Waals surface area contributed by atoms with Gasteiger partial charge in [-0.1, -0.05) is 19.0 Å². The Kier molecular flexibility index (Phi) is 5.42. The standard InChI is InChI=1S/C22H25FN4O2S/c1-13(2)11-19-25-9-10-30(19)22-20(21(24)26-29)17-12-14(23)3-8-18(17)27(22)15-4-6-16(28)7-5-15/h3-8,12-13,28-30H,9-11H2,1-2H3,(H2,24,26). The first-order chi connectivity index (χ1) is 14.4. The number of phenolic OH excluding ortho intramolecular Hbond substituents is 1. The van der Waals surface area contributed by atoms with Crippen molar-refractivity contribution >= 4 is 32.7 Å². The molecule has 1 aliphatic rings. The van der Waals surface area contributed by atoms with E-state index in [9.17, 15) is 14.7 Å². The van der Waals surface area contributed by atoms with Gasteiger partial charge in [-0.3, -0.25) is 4.99 Å². The molecule has 0 spiro atoms. The largest absolute Gasteiger partial charge is 0.508 e. The Bertz CT molecular complexity index is 1150. The zero-order chi connectivity index (χ0) is 21.4. The molecule has 1 aliphatic heterocycles. The maximum Gasteiger partial charge on any atom is 0.173 e. The molecule has 1 atom stereocenters. The second kappa shape index (κ2) is 8.02. The van der Waals surface area contributed by atoms with Gasteiger partial charge in [0.2, 0.25) is 0 Å². The summed E-state index contributed by atoms with van der Waals surface area (Å²) in [6.07, 6.45) is 0.868. The molecule has 0 bridgehead atoms. The van der Waals surface area contributed by atoms with Crippen LogP contribution in [-0.2, 0) is 0 Å². The summed E-state index contributed by atoms with van der Waals surface area (Å²) in [7, 11) is -0.848. The number of hydrogen-bond donors (Lipinski definition) is 4. The zero-order valence-electron chi connectivity index (χ0n) is 16.9. The van der Waals surface area contributed by atoms with Crippen molar-refractivity contribution in [3.63, 3.8) is 0 Å². The predicted molar refractivity (Wildman–Crippen MR) is 121 cm³/mol.